The maximum Gasteiger partial charge on any atom is 0.133 e. The SMILES string of the molecule is CC(=O)[C@H]1CCC2C3CC=C4C(O)[C@@H](O)CC[C@]4(C)C3CC[C@@]21C. The molecule has 2 N–H and O–H groups in total. The van der Waals surface area contributed by atoms with Crippen LogP contribution < -0.4 is 0 Å². The van der Waals surface area contributed by atoms with Gasteiger partial charge in [-0.1, -0.05) is 19.9 Å². The van der Waals surface area contributed by atoms with Gasteiger partial charge in [-0.15, -0.1) is 0 Å². The van der Waals surface area contributed by atoms with Crippen molar-refractivity contribution in [1.82, 2.24) is 0 Å². The van der Waals surface area contributed by atoms with Crippen molar-refractivity contribution in [3.63, 3.8) is 0 Å². The highest BCUT2D eigenvalue weighted by Gasteiger charge is 2.60. The van der Waals surface area contributed by atoms with E-state index in [9.17, 15) is 15.0 Å². The predicted octanol–water partition coefficient (Wildman–Crippen LogP) is 3.49. The number of rotatable bonds is 1. The van der Waals surface area contributed by atoms with Crippen LogP contribution in [-0.4, -0.2) is 28.2 Å². The van der Waals surface area contributed by atoms with Crippen molar-refractivity contribution in [2.75, 3.05) is 0 Å². The third-order valence-electron chi connectivity index (χ3n) is 8.66. The molecule has 3 nitrogen and oxygen atoms in total. The Balaban J connectivity index is 1.68. The van der Waals surface area contributed by atoms with Gasteiger partial charge in [-0.2, -0.15) is 0 Å². The van der Waals surface area contributed by atoms with Crippen LogP contribution in [0.1, 0.15) is 65.7 Å². The van der Waals surface area contributed by atoms with Crippen LogP contribution in [0.4, 0.5) is 0 Å². The van der Waals surface area contributed by atoms with E-state index in [0.29, 0.717) is 30.0 Å². The lowest BCUT2D eigenvalue weighted by atomic mass is 9.47. The minimum atomic E-state index is -0.674. The molecule has 0 bridgehead atoms. The number of ketones is 1. The maximum absolute atomic E-state index is 12.2. The van der Waals surface area contributed by atoms with Gasteiger partial charge in [0.05, 0.1) is 6.10 Å². The molecule has 134 valence electrons. The number of Topliss-reactive ketones (excluding diaryl/α,β-unsaturated/α-hetero) is 1. The lowest BCUT2D eigenvalue weighted by molar-refractivity contribution is -0.128. The van der Waals surface area contributed by atoms with Crippen LogP contribution in [0.25, 0.3) is 0 Å². The summed E-state index contributed by atoms with van der Waals surface area (Å²) in [5, 5.41) is 20.6. The Hall–Kier alpha value is -0.670. The van der Waals surface area contributed by atoms with E-state index in [0.717, 1.165) is 37.7 Å². The Bertz CT molecular complexity index is 582. The van der Waals surface area contributed by atoms with Gasteiger partial charge in [0.15, 0.2) is 0 Å². The van der Waals surface area contributed by atoms with Crippen molar-refractivity contribution in [1.29, 1.82) is 0 Å². The van der Waals surface area contributed by atoms with Gasteiger partial charge in [0.25, 0.3) is 0 Å². The largest absolute Gasteiger partial charge is 0.390 e. The Morgan fingerprint density at radius 1 is 1.08 bits per heavy atom. The average Bonchev–Trinajstić information content (AvgIpc) is 2.89. The Labute approximate surface area is 145 Å². The molecule has 4 aliphatic rings. The first-order chi connectivity index (χ1) is 11.3. The smallest absolute Gasteiger partial charge is 0.133 e. The summed E-state index contributed by atoms with van der Waals surface area (Å²) in [6.07, 6.45) is 8.25. The monoisotopic (exact) mass is 332 g/mol. The summed E-state index contributed by atoms with van der Waals surface area (Å²) in [5.41, 5.74) is 1.32. The quantitative estimate of drug-likeness (QED) is 0.723. The number of fused-ring (bicyclic) bond motifs is 5. The number of allylic oxidation sites excluding steroid dienone is 1. The third kappa shape index (κ3) is 2.07. The molecule has 0 amide bonds. The average molecular weight is 332 g/mol. The summed E-state index contributed by atoms with van der Waals surface area (Å²) in [4.78, 5) is 12.2. The second-order valence-electron chi connectivity index (χ2n) is 9.53. The highest BCUT2D eigenvalue weighted by atomic mass is 16.3. The van der Waals surface area contributed by atoms with Crippen LogP contribution in [0.2, 0.25) is 0 Å². The first kappa shape index (κ1) is 16.8. The number of hydrogen-bond acceptors (Lipinski definition) is 3. The molecule has 4 unspecified atom stereocenters. The highest BCUT2D eigenvalue weighted by Crippen LogP contribution is 2.66. The molecule has 8 atom stereocenters. The molecule has 4 rings (SSSR count). The summed E-state index contributed by atoms with van der Waals surface area (Å²) < 4.78 is 0. The number of carbonyl (C=O) groups excluding carboxylic acids is 1. The van der Waals surface area contributed by atoms with Gasteiger partial charge in [-0.05, 0) is 86.0 Å². The van der Waals surface area contributed by atoms with Crippen molar-refractivity contribution >= 4 is 5.78 Å². The van der Waals surface area contributed by atoms with Crippen LogP contribution in [0.15, 0.2) is 11.6 Å². The molecule has 0 aromatic heterocycles. The zero-order valence-corrected chi connectivity index (χ0v) is 15.3. The van der Waals surface area contributed by atoms with Crippen LogP contribution in [0.5, 0.6) is 0 Å². The highest BCUT2D eigenvalue weighted by molar-refractivity contribution is 5.79. The maximum atomic E-state index is 12.2. The van der Waals surface area contributed by atoms with Gasteiger partial charge in [0.1, 0.15) is 11.9 Å². The van der Waals surface area contributed by atoms with E-state index in [4.69, 9.17) is 0 Å². The second-order valence-corrected chi connectivity index (χ2v) is 9.53. The van der Waals surface area contributed by atoms with Gasteiger partial charge in [0.2, 0.25) is 0 Å². The van der Waals surface area contributed by atoms with E-state index >= 15 is 0 Å². The Morgan fingerprint density at radius 3 is 2.54 bits per heavy atom. The van der Waals surface area contributed by atoms with Crippen molar-refractivity contribution in [2.24, 2.45) is 34.5 Å². The third-order valence-corrected chi connectivity index (χ3v) is 8.66. The minimum absolute atomic E-state index is 0.0389. The molecule has 3 heteroatoms. The first-order valence-electron chi connectivity index (χ1n) is 9.86. The second kappa shape index (κ2) is 5.41. The summed E-state index contributed by atoms with van der Waals surface area (Å²) in [5.74, 6) is 2.52. The molecular weight excluding hydrogens is 300 g/mol. The number of aliphatic hydroxyl groups excluding tert-OH is 2. The van der Waals surface area contributed by atoms with E-state index in [1.165, 1.54) is 6.42 Å². The first-order valence-corrected chi connectivity index (χ1v) is 9.86. The summed E-state index contributed by atoms with van der Waals surface area (Å²) in [6.45, 7) is 6.47. The van der Waals surface area contributed by atoms with Crippen LogP contribution >= 0.6 is 0 Å². The van der Waals surface area contributed by atoms with Crippen molar-refractivity contribution in [2.45, 2.75) is 77.9 Å². The van der Waals surface area contributed by atoms with E-state index in [2.05, 4.69) is 19.9 Å². The van der Waals surface area contributed by atoms with Crippen molar-refractivity contribution in [3.8, 4) is 0 Å². The molecule has 0 aromatic carbocycles. The van der Waals surface area contributed by atoms with Crippen LogP contribution in [-0.2, 0) is 4.79 Å². The standard InChI is InChI=1S/C21H32O3/c1-12(22)14-6-7-15-13-4-5-17-19(24)18(23)9-11-21(17,3)16(13)8-10-20(14,15)2/h5,13-16,18-19,23-24H,4,6-11H2,1-3H3/t13?,14-,15?,16?,18+,19?,20-,21-/m1/s1. The number of carbonyl (C=O) groups is 1. The van der Waals surface area contributed by atoms with Gasteiger partial charge < -0.3 is 10.2 Å². The molecule has 24 heavy (non-hydrogen) atoms. The van der Waals surface area contributed by atoms with E-state index < -0.39 is 12.2 Å². The molecule has 0 radical (unpaired) electrons. The summed E-state index contributed by atoms with van der Waals surface area (Å²) in [7, 11) is 0. The molecule has 0 aliphatic heterocycles. The van der Waals surface area contributed by atoms with E-state index in [-0.39, 0.29) is 16.7 Å². The molecule has 0 heterocycles. The fourth-order valence-electron chi connectivity index (χ4n) is 7.39. The van der Waals surface area contributed by atoms with Crippen LogP contribution in [0.3, 0.4) is 0 Å². The topological polar surface area (TPSA) is 57.5 Å². The number of hydrogen-bond donors (Lipinski definition) is 2. The fourth-order valence-corrected chi connectivity index (χ4v) is 7.39. The van der Waals surface area contributed by atoms with Crippen LogP contribution in [0, 0.1) is 34.5 Å². The fraction of sp³-hybridized carbons (Fsp3) is 0.857. The molecule has 4 aliphatic carbocycles. The molecule has 0 spiro atoms. The zero-order valence-electron chi connectivity index (χ0n) is 15.3. The van der Waals surface area contributed by atoms with Crippen molar-refractivity contribution in [3.05, 3.63) is 11.6 Å². The normalized spacial score (nSPS) is 53.6. The number of aliphatic hydroxyl groups is 2. The summed E-state index contributed by atoms with van der Waals surface area (Å²) >= 11 is 0. The van der Waals surface area contributed by atoms with Gasteiger partial charge >= 0.3 is 0 Å². The van der Waals surface area contributed by atoms with Gasteiger partial charge in [-0.3, -0.25) is 4.79 Å². The Morgan fingerprint density at radius 2 is 1.83 bits per heavy atom. The lowest BCUT2D eigenvalue weighted by Gasteiger charge is -2.58. The van der Waals surface area contributed by atoms with E-state index in [1.54, 1.807) is 6.92 Å². The summed E-state index contributed by atoms with van der Waals surface area (Å²) in [6, 6.07) is 0. The lowest BCUT2D eigenvalue weighted by Crippen LogP contribution is -2.53. The molecule has 0 saturated heterocycles. The predicted molar refractivity (Wildman–Crippen MR) is 93.3 cm³/mol. The minimum Gasteiger partial charge on any atom is -0.390 e. The molecule has 0 aromatic rings. The van der Waals surface area contributed by atoms with E-state index in [1.807, 2.05) is 0 Å². The van der Waals surface area contributed by atoms with Crippen molar-refractivity contribution < 1.29 is 15.0 Å². The van der Waals surface area contributed by atoms with Gasteiger partial charge in [0, 0.05) is 5.92 Å². The molecule has 3 saturated carbocycles. The Kier molecular flexibility index (Phi) is 3.78. The molecule has 3 fully saturated rings. The molecular formula is C21H32O3. The van der Waals surface area contributed by atoms with Gasteiger partial charge in [-0.25, -0.2) is 0 Å². The zero-order chi connectivity index (χ0) is 17.3.